The van der Waals surface area contributed by atoms with E-state index in [4.69, 9.17) is 5.73 Å². The van der Waals surface area contributed by atoms with Crippen LogP contribution in [-0.2, 0) is 11.3 Å². The molecule has 0 fully saturated rings. The number of hydrogen-bond acceptors (Lipinski definition) is 3. The van der Waals surface area contributed by atoms with E-state index in [1.165, 1.54) is 20.9 Å². The average Bonchev–Trinajstić information content (AvgIpc) is 2.99. The summed E-state index contributed by atoms with van der Waals surface area (Å²) in [5.41, 5.74) is 8.19. The van der Waals surface area contributed by atoms with Crippen LogP contribution in [0.4, 0.5) is 0 Å². The molecule has 2 N–H and O–H groups in total. The number of amides is 1. The largest absolute Gasteiger partial charge is 0.335 e. The maximum atomic E-state index is 12.5. The van der Waals surface area contributed by atoms with E-state index in [0.717, 1.165) is 0 Å². The molecule has 1 aromatic carbocycles. The molecule has 1 atom stereocenters. The molecule has 1 aromatic heterocycles. The Bertz CT molecular complexity index is 663. The molecular formula is C19H26N2OS. The summed E-state index contributed by atoms with van der Waals surface area (Å²) in [5, 5.41) is 0. The number of aryl methyl sites for hydroxylation is 1. The third-order valence-electron chi connectivity index (χ3n) is 4.08. The van der Waals surface area contributed by atoms with Crippen LogP contribution in [0, 0.1) is 12.8 Å². The van der Waals surface area contributed by atoms with Crippen molar-refractivity contribution in [2.75, 3.05) is 6.54 Å². The van der Waals surface area contributed by atoms with Gasteiger partial charge in [-0.25, -0.2) is 0 Å². The van der Waals surface area contributed by atoms with Gasteiger partial charge in [-0.1, -0.05) is 31.2 Å². The highest BCUT2D eigenvalue weighted by atomic mass is 32.1. The van der Waals surface area contributed by atoms with Crippen LogP contribution < -0.4 is 5.73 Å². The van der Waals surface area contributed by atoms with Gasteiger partial charge in [-0.3, -0.25) is 4.79 Å². The van der Waals surface area contributed by atoms with Gasteiger partial charge >= 0.3 is 0 Å². The molecule has 1 amide bonds. The Kier molecular flexibility index (Phi) is 5.97. The maximum Gasteiger partial charge on any atom is 0.227 e. The van der Waals surface area contributed by atoms with Gasteiger partial charge in [0.1, 0.15) is 0 Å². The van der Waals surface area contributed by atoms with Gasteiger partial charge in [-0.05, 0) is 44.0 Å². The van der Waals surface area contributed by atoms with Crippen molar-refractivity contribution in [3.8, 4) is 10.4 Å². The number of nitrogens with zero attached hydrogens (tertiary/aromatic N) is 1. The summed E-state index contributed by atoms with van der Waals surface area (Å²) in [6.45, 7) is 9.17. The number of nitrogens with two attached hydrogens (primary N) is 1. The lowest BCUT2D eigenvalue weighted by atomic mass is 10.1. The van der Waals surface area contributed by atoms with Gasteiger partial charge in [0.05, 0.1) is 6.54 Å². The quantitative estimate of drug-likeness (QED) is 0.868. The minimum atomic E-state index is -0.131. The zero-order valence-electron chi connectivity index (χ0n) is 14.4. The Morgan fingerprint density at radius 3 is 2.48 bits per heavy atom. The lowest BCUT2D eigenvalue weighted by Gasteiger charge is -2.28. The number of carbonyl (C=O) groups excluding carboxylic acids is 1. The third kappa shape index (κ3) is 4.21. The Labute approximate surface area is 143 Å². The molecule has 1 heterocycles. The summed E-state index contributed by atoms with van der Waals surface area (Å²) in [7, 11) is 0. The first-order valence-corrected chi connectivity index (χ1v) is 8.91. The van der Waals surface area contributed by atoms with Crippen LogP contribution >= 0.6 is 11.3 Å². The second-order valence-corrected chi connectivity index (χ2v) is 7.45. The van der Waals surface area contributed by atoms with E-state index in [9.17, 15) is 4.79 Å². The van der Waals surface area contributed by atoms with Crippen molar-refractivity contribution in [2.24, 2.45) is 11.7 Å². The van der Waals surface area contributed by atoms with Crippen molar-refractivity contribution in [3.05, 3.63) is 46.8 Å². The Morgan fingerprint density at radius 1 is 1.17 bits per heavy atom. The summed E-state index contributed by atoms with van der Waals surface area (Å²) in [6, 6.07) is 12.8. The summed E-state index contributed by atoms with van der Waals surface area (Å²) < 4.78 is 0. The molecule has 0 saturated carbocycles. The zero-order chi connectivity index (χ0) is 17.0. The first-order valence-electron chi connectivity index (χ1n) is 8.09. The zero-order valence-corrected chi connectivity index (χ0v) is 15.2. The van der Waals surface area contributed by atoms with E-state index < -0.39 is 0 Å². The van der Waals surface area contributed by atoms with E-state index in [0.29, 0.717) is 13.1 Å². The SMILES string of the molecule is Cc1ccccc1-c1ccc(CN(C(=O)C(C)CN)C(C)C)s1. The topological polar surface area (TPSA) is 46.3 Å². The third-order valence-corrected chi connectivity index (χ3v) is 5.18. The Morgan fingerprint density at radius 2 is 1.87 bits per heavy atom. The molecule has 2 rings (SSSR count). The average molecular weight is 330 g/mol. The predicted octanol–water partition coefficient (Wildman–Crippen LogP) is 4.06. The Balaban J connectivity index is 2.19. The van der Waals surface area contributed by atoms with Crippen LogP contribution in [0.5, 0.6) is 0 Å². The molecule has 4 heteroatoms. The van der Waals surface area contributed by atoms with Gasteiger partial charge in [0.15, 0.2) is 0 Å². The lowest BCUT2D eigenvalue weighted by molar-refractivity contribution is -0.137. The lowest BCUT2D eigenvalue weighted by Crippen LogP contribution is -2.41. The van der Waals surface area contributed by atoms with Crippen LogP contribution in [0.2, 0.25) is 0 Å². The standard InChI is InChI=1S/C19H26N2OS/c1-13(2)21(19(22)15(4)11-20)12-16-9-10-18(23-16)17-8-6-5-7-14(17)3/h5-10,13,15H,11-12,20H2,1-4H3. The molecule has 0 aliphatic heterocycles. The van der Waals surface area contributed by atoms with Crippen molar-refractivity contribution < 1.29 is 4.79 Å². The maximum absolute atomic E-state index is 12.5. The van der Waals surface area contributed by atoms with Gasteiger partial charge in [0.25, 0.3) is 0 Å². The second-order valence-electron chi connectivity index (χ2n) is 6.28. The molecule has 0 saturated heterocycles. The molecule has 3 nitrogen and oxygen atoms in total. The first-order chi connectivity index (χ1) is 10.9. The van der Waals surface area contributed by atoms with E-state index in [-0.39, 0.29) is 17.9 Å². The fraction of sp³-hybridized carbons (Fsp3) is 0.421. The molecule has 0 bridgehead atoms. The minimum absolute atomic E-state index is 0.131. The summed E-state index contributed by atoms with van der Waals surface area (Å²) >= 11 is 1.76. The van der Waals surface area contributed by atoms with Crippen molar-refractivity contribution in [3.63, 3.8) is 0 Å². The molecule has 23 heavy (non-hydrogen) atoms. The van der Waals surface area contributed by atoms with Crippen molar-refractivity contribution in [1.29, 1.82) is 0 Å². The first kappa shape index (κ1) is 17.7. The van der Waals surface area contributed by atoms with E-state index in [1.54, 1.807) is 11.3 Å². The fourth-order valence-electron chi connectivity index (χ4n) is 2.52. The smallest absolute Gasteiger partial charge is 0.227 e. The highest BCUT2D eigenvalue weighted by molar-refractivity contribution is 7.15. The second kappa shape index (κ2) is 7.75. The van der Waals surface area contributed by atoms with Crippen LogP contribution in [0.1, 0.15) is 31.2 Å². The van der Waals surface area contributed by atoms with Gasteiger partial charge < -0.3 is 10.6 Å². The van der Waals surface area contributed by atoms with Crippen molar-refractivity contribution >= 4 is 17.2 Å². The molecule has 0 radical (unpaired) electrons. The molecular weight excluding hydrogens is 304 g/mol. The monoisotopic (exact) mass is 330 g/mol. The van der Waals surface area contributed by atoms with Crippen LogP contribution in [0.15, 0.2) is 36.4 Å². The van der Waals surface area contributed by atoms with Crippen molar-refractivity contribution in [1.82, 2.24) is 4.90 Å². The normalized spacial score (nSPS) is 12.4. The molecule has 124 valence electrons. The summed E-state index contributed by atoms with van der Waals surface area (Å²) in [4.78, 5) is 16.9. The number of hydrogen-bond donors (Lipinski definition) is 1. The molecule has 1 unspecified atom stereocenters. The highest BCUT2D eigenvalue weighted by Crippen LogP contribution is 2.31. The van der Waals surface area contributed by atoms with E-state index in [2.05, 4.69) is 57.2 Å². The number of benzene rings is 1. The van der Waals surface area contributed by atoms with Crippen LogP contribution in [0.3, 0.4) is 0 Å². The molecule has 0 spiro atoms. The highest BCUT2D eigenvalue weighted by Gasteiger charge is 2.22. The molecule has 0 aliphatic carbocycles. The van der Waals surface area contributed by atoms with E-state index in [1.807, 2.05) is 11.8 Å². The number of rotatable bonds is 6. The van der Waals surface area contributed by atoms with E-state index >= 15 is 0 Å². The summed E-state index contributed by atoms with van der Waals surface area (Å²) in [6.07, 6.45) is 0. The van der Waals surface area contributed by atoms with Gasteiger partial charge in [-0.2, -0.15) is 0 Å². The summed E-state index contributed by atoms with van der Waals surface area (Å²) in [5.74, 6) is 0.00143. The van der Waals surface area contributed by atoms with Crippen molar-refractivity contribution in [2.45, 2.75) is 40.3 Å². The predicted molar refractivity (Wildman–Crippen MR) is 98.4 cm³/mol. The Hall–Kier alpha value is -1.65. The number of carbonyl (C=O) groups is 1. The number of thiophene rings is 1. The van der Waals surface area contributed by atoms with Crippen LogP contribution in [0.25, 0.3) is 10.4 Å². The van der Waals surface area contributed by atoms with Gasteiger partial charge in [-0.15, -0.1) is 11.3 Å². The van der Waals surface area contributed by atoms with Crippen LogP contribution in [-0.4, -0.2) is 23.4 Å². The molecule has 2 aromatic rings. The van der Waals surface area contributed by atoms with Gasteiger partial charge in [0, 0.05) is 28.3 Å². The molecule has 0 aliphatic rings. The minimum Gasteiger partial charge on any atom is -0.335 e. The fourth-order valence-corrected chi connectivity index (χ4v) is 3.62. The van der Waals surface area contributed by atoms with Gasteiger partial charge in [0.2, 0.25) is 5.91 Å².